The molecule has 1 heterocycles. The van der Waals surface area contributed by atoms with Crippen molar-refractivity contribution in [2.45, 2.75) is 45.4 Å². The first kappa shape index (κ1) is 19.3. The second kappa shape index (κ2) is 7.44. The lowest BCUT2D eigenvalue weighted by atomic mass is 9.77. The Kier molecular flexibility index (Phi) is 5.73. The Morgan fingerprint density at radius 2 is 1.80 bits per heavy atom. The third kappa shape index (κ3) is 3.36. The van der Waals surface area contributed by atoms with Gasteiger partial charge in [-0.25, -0.2) is 0 Å². The predicted octanol–water partition coefficient (Wildman–Crippen LogP) is 4.75. The van der Waals surface area contributed by atoms with Crippen LogP contribution in [0.5, 0.6) is 0 Å². The number of hydrogen-bond acceptors (Lipinski definition) is 2. The Morgan fingerprint density at radius 3 is 2.28 bits per heavy atom. The first-order chi connectivity index (χ1) is 11.8. The highest BCUT2D eigenvalue weighted by atomic mass is 35.5. The average Bonchev–Trinajstić information content (AvgIpc) is 2.87. The van der Waals surface area contributed by atoms with Crippen LogP contribution in [0, 0.1) is 6.92 Å². The maximum atomic E-state index is 12.9. The number of aliphatic carboxylic acids is 1. The van der Waals surface area contributed by atoms with Crippen LogP contribution in [0.25, 0.3) is 0 Å². The van der Waals surface area contributed by atoms with Crippen molar-refractivity contribution >= 4 is 23.4 Å². The monoisotopic (exact) mass is 361 g/mol. The molecule has 2 rings (SSSR count). The van der Waals surface area contributed by atoms with Crippen molar-refractivity contribution in [3.63, 3.8) is 0 Å². The molecule has 0 spiro atoms. The number of rotatable bonds is 7. The smallest absolute Gasteiger partial charge is 0.315 e. The first-order valence-corrected chi connectivity index (χ1v) is 8.86. The van der Waals surface area contributed by atoms with Gasteiger partial charge in [0.05, 0.1) is 5.69 Å². The van der Waals surface area contributed by atoms with Crippen LogP contribution in [0.4, 0.5) is 0 Å². The van der Waals surface area contributed by atoms with Crippen molar-refractivity contribution in [1.29, 1.82) is 0 Å². The topological polar surface area (TPSA) is 59.3 Å². The van der Waals surface area contributed by atoms with E-state index in [2.05, 4.69) is 0 Å². The fourth-order valence-electron chi connectivity index (χ4n) is 3.56. The van der Waals surface area contributed by atoms with Gasteiger partial charge in [0, 0.05) is 23.3 Å². The second-order valence-corrected chi connectivity index (χ2v) is 6.88. The number of benzene rings is 1. The minimum atomic E-state index is -0.979. The Hall–Kier alpha value is -2.07. The highest BCUT2D eigenvalue weighted by Gasteiger charge is 2.41. The van der Waals surface area contributed by atoms with Crippen LogP contribution < -0.4 is 0 Å². The van der Waals surface area contributed by atoms with E-state index in [-0.39, 0.29) is 5.78 Å². The molecule has 1 atom stereocenters. The summed E-state index contributed by atoms with van der Waals surface area (Å²) in [5.74, 6) is -0.974. The summed E-state index contributed by atoms with van der Waals surface area (Å²) in [5, 5.41) is 10.5. The van der Waals surface area contributed by atoms with Crippen LogP contribution in [0.1, 0.15) is 60.4 Å². The Labute approximate surface area is 153 Å². The summed E-state index contributed by atoms with van der Waals surface area (Å²) < 4.78 is 1.75. The highest BCUT2D eigenvalue weighted by Crippen LogP contribution is 2.36. The fourth-order valence-corrected chi connectivity index (χ4v) is 3.69. The summed E-state index contributed by atoms with van der Waals surface area (Å²) in [6.45, 7) is 5.70. The molecular weight excluding hydrogens is 338 g/mol. The normalized spacial score (nSPS) is 13.5. The molecule has 0 bridgehead atoms. The second-order valence-electron chi connectivity index (χ2n) is 6.45. The standard InChI is InChI=1S/C20H24ClNO3/c1-5-11-20(6-2,19(24)25)16-12-13(3)17(22(16)4)18(23)14-7-9-15(21)10-8-14/h7-10,12H,5-6,11H2,1-4H3,(H,24,25). The number of halogens is 1. The molecule has 0 fully saturated rings. The number of hydrogen-bond donors (Lipinski definition) is 1. The number of carboxylic acids is 1. The summed E-state index contributed by atoms with van der Waals surface area (Å²) in [4.78, 5) is 25.0. The van der Waals surface area contributed by atoms with E-state index in [1.807, 2.05) is 26.8 Å². The van der Waals surface area contributed by atoms with Crippen LogP contribution >= 0.6 is 11.6 Å². The average molecular weight is 362 g/mol. The lowest BCUT2D eigenvalue weighted by Gasteiger charge is -2.29. The number of aromatic nitrogens is 1. The molecule has 1 aromatic heterocycles. The minimum Gasteiger partial charge on any atom is -0.481 e. The number of carboxylic acid groups (broad SMARTS) is 1. The summed E-state index contributed by atoms with van der Waals surface area (Å²) in [5.41, 5.74) is 1.54. The van der Waals surface area contributed by atoms with E-state index < -0.39 is 11.4 Å². The molecule has 0 aliphatic heterocycles. The zero-order chi connectivity index (χ0) is 18.8. The van der Waals surface area contributed by atoms with Gasteiger partial charge < -0.3 is 9.67 Å². The zero-order valence-corrected chi connectivity index (χ0v) is 15.9. The van der Waals surface area contributed by atoms with Crippen molar-refractivity contribution < 1.29 is 14.7 Å². The van der Waals surface area contributed by atoms with Gasteiger partial charge in [-0.05, 0) is 55.7 Å². The number of carbonyl (C=O) groups excluding carboxylic acids is 1. The van der Waals surface area contributed by atoms with Gasteiger partial charge in [0.15, 0.2) is 0 Å². The molecule has 1 N–H and O–H groups in total. The maximum Gasteiger partial charge on any atom is 0.315 e. The third-order valence-electron chi connectivity index (χ3n) is 4.93. The van der Waals surface area contributed by atoms with Gasteiger partial charge in [-0.2, -0.15) is 0 Å². The SMILES string of the molecule is CCCC(CC)(C(=O)O)c1cc(C)c(C(=O)c2ccc(Cl)cc2)n1C. The van der Waals surface area contributed by atoms with Crippen LogP contribution in [0.15, 0.2) is 30.3 Å². The van der Waals surface area contributed by atoms with Crippen molar-refractivity contribution in [3.8, 4) is 0 Å². The highest BCUT2D eigenvalue weighted by molar-refractivity contribution is 6.30. The molecular formula is C20H24ClNO3. The molecule has 0 aliphatic rings. The van der Waals surface area contributed by atoms with Crippen LogP contribution in [0.2, 0.25) is 5.02 Å². The number of nitrogens with zero attached hydrogens (tertiary/aromatic N) is 1. The van der Waals surface area contributed by atoms with Crippen molar-refractivity contribution in [2.24, 2.45) is 7.05 Å². The van der Waals surface area contributed by atoms with Gasteiger partial charge >= 0.3 is 5.97 Å². The largest absolute Gasteiger partial charge is 0.481 e. The molecule has 25 heavy (non-hydrogen) atoms. The summed E-state index contributed by atoms with van der Waals surface area (Å²) in [7, 11) is 1.77. The van der Waals surface area contributed by atoms with Crippen LogP contribution in [-0.2, 0) is 17.3 Å². The van der Waals surface area contributed by atoms with Crippen LogP contribution in [0.3, 0.4) is 0 Å². The molecule has 2 aromatic rings. The number of carbonyl (C=O) groups is 2. The summed E-state index contributed by atoms with van der Waals surface area (Å²) >= 11 is 5.90. The van der Waals surface area contributed by atoms with E-state index >= 15 is 0 Å². The summed E-state index contributed by atoms with van der Waals surface area (Å²) in [6, 6.07) is 8.58. The van der Waals surface area contributed by atoms with E-state index in [1.165, 1.54) is 0 Å². The van der Waals surface area contributed by atoms with Crippen molar-refractivity contribution in [3.05, 3.63) is 57.9 Å². The lowest BCUT2D eigenvalue weighted by Crippen LogP contribution is -2.37. The van der Waals surface area contributed by atoms with Crippen LogP contribution in [-0.4, -0.2) is 21.4 Å². The van der Waals surface area contributed by atoms with Gasteiger partial charge in [0.2, 0.25) is 5.78 Å². The quantitative estimate of drug-likeness (QED) is 0.724. The Morgan fingerprint density at radius 1 is 1.20 bits per heavy atom. The number of aryl methyl sites for hydroxylation is 1. The van der Waals surface area contributed by atoms with Gasteiger partial charge in [-0.1, -0.05) is 31.9 Å². The molecule has 0 saturated carbocycles. The molecule has 0 radical (unpaired) electrons. The lowest BCUT2D eigenvalue weighted by molar-refractivity contribution is -0.144. The molecule has 1 unspecified atom stereocenters. The molecule has 1 aromatic carbocycles. The molecule has 0 aliphatic carbocycles. The fraction of sp³-hybridized carbons (Fsp3) is 0.400. The molecule has 0 saturated heterocycles. The third-order valence-corrected chi connectivity index (χ3v) is 5.18. The number of ketones is 1. The molecule has 0 amide bonds. The van der Waals surface area contributed by atoms with E-state index in [1.54, 1.807) is 35.9 Å². The maximum absolute atomic E-state index is 12.9. The van der Waals surface area contributed by atoms with Gasteiger partial charge in [0.25, 0.3) is 0 Å². The zero-order valence-electron chi connectivity index (χ0n) is 15.1. The van der Waals surface area contributed by atoms with E-state index in [0.29, 0.717) is 34.8 Å². The van der Waals surface area contributed by atoms with E-state index in [4.69, 9.17) is 11.6 Å². The molecule has 5 heteroatoms. The van der Waals surface area contributed by atoms with E-state index in [9.17, 15) is 14.7 Å². The van der Waals surface area contributed by atoms with Gasteiger partial charge in [-0.3, -0.25) is 9.59 Å². The minimum absolute atomic E-state index is 0.130. The van der Waals surface area contributed by atoms with Crippen molar-refractivity contribution in [2.75, 3.05) is 0 Å². The van der Waals surface area contributed by atoms with Crippen molar-refractivity contribution in [1.82, 2.24) is 4.57 Å². The predicted molar refractivity (Wildman–Crippen MR) is 99.5 cm³/mol. The Bertz CT molecular complexity index is 792. The van der Waals surface area contributed by atoms with Gasteiger partial charge in [-0.15, -0.1) is 0 Å². The molecule has 4 nitrogen and oxygen atoms in total. The first-order valence-electron chi connectivity index (χ1n) is 8.49. The Balaban J connectivity index is 2.59. The molecule has 134 valence electrons. The van der Waals surface area contributed by atoms with Gasteiger partial charge in [0.1, 0.15) is 5.41 Å². The van der Waals surface area contributed by atoms with E-state index in [0.717, 1.165) is 12.0 Å². The summed E-state index contributed by atoms with van der Waals surface area (Å²) in [6.07, 6.45) is 1.76.